The molecule has 2 aromatic rings. The minimum atomic E-state index is -1.72. The maximum atomic E-state index is 13.9. The highest BCUT2D eigenvalue weighted by atomic mass is 79.9. The Morgan fingerprint density at radius 1 is 1.19 bits per heavy atom. The molecule has 0 aromatic heterocycles. The van der Waals surface area contributed by atoms with Crippen molar-refractivity contribution < 1.29 is 14.0 Å². The highest BCUT2D eigenvalue weighted by Crippen LogP contribution is 2.56. The molecule has 164 valence electrons. The smallest absolute Gasteiger partial charge is 0.241 e. The SMILES string of the molecule is CC(C)(C)C(=O)[C@@H]1[C@@H](c2ccc(F)cc2)[C@@](C#N)(C(N)=O)[C@H]2C=Cc3cc(Br)ccc3N12. The predicted octanol–water partition coefficient (Wildman–Crippen LogP) is 4.57. The number of Topliss-reactive ketones (excluding diaryl/α,β-unsaturated/α-hetero) is 1. The number of nitriles is 1. The summed E-state index contributed by atoms with van der Waals surface area (Å²) in [5, 5.41) is 10.4. The molecule has 1 saturated heterocycles. The van der Waals surface area contributed by atoms with Crippen molar-refractivity contribution in [2.24, 2.45) is 16.6 Å². The van der Waals surface area contributed by atoms with Crippen LogP contribution in [0.3, 0.4) is 0 Å². The second kappa shape index (κ2) is 7.56. The van der Waals surface area contributed by atoms with E-state index in [1.165, 1.54) is 24.3 Å². The number of nitrogens with two attached hydrogens (primary N) is 1. The number of halogens is 2. The van der Waals surface area contributed by atoms with E-state index in [1.54, 1.807) is 6.08 Å². The minimum absolute atomic E-state index is 0.126. The first-order valence-corrected chi connectivity index (χ1v) is 11.1. The van der Waals surface area contributed by atoms with Gasteiger partial charge in [0.15, 0.2) is 11.2 Å². The van der Waals surface area contributed by atoms with E-state index in [0.717, 1.165) is 15.7 Å². The number of rotatable bonds is 3. The lowest BCUT2D eigenvalue weighted by Crippen LogP contribution is -2.49. The summed E-state index contributed by atoms with van der Waals surface area (Å²) in [6, 6.07) is 11.9. The van der Waals surface area contributed by atoms with Gasteiger partial charge >= 0.3 is 0 Å². The van der Waals surface area contributed by atoms with Crippen molar-refractivity contribution >= 4 is 39.4 Å². The Bertz CT molecular complexity index is 1180. The second-order valence-electron chi connectivity index (χ2n) is 9.35. The Labute approximate surface area is 194 Å². The van der Waals surface area contributed by atoms with Crippen LogP contribution in [0.2, 0.25) is 0 Å². The number of ketones is 1. The molecule has 2 heterocycles. The molecule has 2 aliphatic rings. The Morgan fingerprint density at radius 2 is 1.84 bits per heavy atom. The van der Waals surface area contributed by atoms with Crippen LogP contribution in [0, 0.1) is 28.0 Å². The highest BCUT2D eigenvalue weighted by molar-refractivity contribution is 9.10. The molecule has 2 N–H and O–H groups in total. The van der Waals surface area contributed by atoms with Gasteiger partial charge in [-0.05, 0) is 41.5 Å². The Morgan fingerprint density at radius 3 is 2.41 bits per heavy atom. The van der Waals surface area contributed by atoms with Crippen LogP contribution in [0.25, 0.3) is 6.08 Å². The van der Waals surface area contributed by atoms with E-state index in [9.17, 15) is 19.2 Å². The van der Waals surface area contributed by atoms with Crippen molar-refractivity contribution in [2.75, 3.05) is 4.90 Å². The molecule has 0 saturated carbocycles. The van der Waals surface area contributed by atoms with Gasteiger partial charge in [-0.3, -0.25) is 9.59 Å². The van der Waals surface area contributed by atoms with Crippen molar-refractivity contribution in [2.45, 2.75) is 38.8 Å². The van der Waals surface area contributed by atoms with Crippen molar-refractivity contribution in [1.29, 1.82) is 5.26 Å². The molecule has 5 nitrogen and oxygen atoms in total. The van der Waals surface area contributed by atoms with E-state index >= 15 is 0 Å². The average molecular weight is 496 g/mol. The van der Waals surface area contributed by atoms with Gasteiger partial charge in [-0.15, -0.1) is 0 Å². The number of primary amides is 1. The summed E-state index contributed by atoms with van der Waals surface area (Å²) in [5.74, 6) is -2.25. The molecular weight excluding hydrogens is 473 g/mol. The van der Waals surface area contributed by atoms with Crippen LogP contribution in [0.4, 0.5) is 10.1 Å². The Balaban J connectivity index is 2.05. The van der Waals surface area contributed by atoms with Crippen molar-refractivity contribution in [3.63, 3.8) is 0 Å². The fourth-order valence-electron chi connectivity index (χ4n) is 4.95. The van der Waals surface area contributed by atoms with Gasteiger partial charge in [-0.25, -0.2) is 4.39 Å². The zero-order chi connectivity index (χ0) is 23.4. The third kappa shape index (κ3) is 3.17. The van der Waals surface area contributed by atoms with Gasteiger partial charge in [0, 0.05) is 21.5 Å². The van der Waals surface area contributed by atoms with Gasteiger partial charge in [0.2, 0.25) is 5.91 Å². The van der Waals surface area contributed by atoms with Crippen molar-refractivity contribution in [1.82, 2.24) is 0 Å². The molecule has 32 heavy (non-hydrogen) atoms. The number of anilines is 1. The zero-order valence-corrected chi connectivity index (χ0v) is 19.6. The predicted molar refractivity (Wildman–Crippen MR) is 124 cm³/mol. The summed E-state index contributed by atoms with van der Waals surface area (Å²) >= 11 is 3.47. The highest BCUT2D eigenvalue weighted by Gasteiger charge is 2.66. The molecule has 2 aliphatic heterocycles. The van der Waals surface area contributed by atoms with Crippen LogP contribution < -0.4 is 10.6 Å². The Hall–Kier alpha value is -2.98. The number of amides is 1. The number of carbonyl (C=O) groups excluding carboxylic acids is 2. The van der Waals surface area contributed by atoms with E-state index in [2.05, 4.69) is 22.0 Å². The quantitative estimate of drug-likeness (QED) is 0.675. The fourth-order valence-corrected chi connectivity index (χ4v) is 5.32. The third-order valence-electron chi connectivity index (χ3n) is 6.43. The lowest BCUT2D eigenvalue weighted by atomic mass is 9.66. The van der Waals surface area contributed by atoms with Gasteiger partial charge < -0.3 is 10.6 Å². The van der Waals surface area contributed by atoms with Crippen molar-refractivity contribution in [3.8, 4) is 6.07 Å². The summed E-state index contributed by atoms with van der Waals surface area (Å²) in [5.41, 5.74) is 5.56. The van der Waals surface area contributed by atoms with E-state index in [1.807, 2.05) is 49.9 Å². The fraction of sp³-hybridized carbons (Fsp3) is 0.320. The molecule has 1 amide bonds. The molecule has 7 heteroatoms. The maximum Gasteiger partial charge on any atom is 0.241 e. The average Bonchev–Trinajstić information content (AvgIpc) is 3.04. The molecule has 0 unspecified atom stereocenters. The number of fused-ring (bicyclic) bond motifs is 3. The van der Waals surface area contributed by atoms with Gasteiger partial charge in [0.1, 0.15) is 5.82 Å². The van der Waals surface area contributed by atoms with Gasteiger partial charge in [-0.2, -0.15) is 5.26 Å². The van der Waals surface area contributed by atoms with Gasteiger partial charge in [0.05, 0.1) is 18.2 Å². The lowest BCUT2D eigenvalue weighted by molar-refractivity contribution is -0.128. The maximum absolute atomic E-state index is 13.9. The summed E-state index contributed by atoms with van der Waals surface area (Å²) in [7, 11) is 0. The number of carbonyl (C=O) groups is 2. The lowest BCUT2D eigenvalue weighted by Gasteiger charge is -2.37. The first kappa shape index (κ1) is 22.2. The van der Waals surface area contributed by atoms with E-state index in [-0.39, 0.29) is 5.78 Å². The molecule has 0 radical (unpaired) electrons. The summed E-state index contributed by atoms with van der Waals surface area (Å²) in [4.78, 5) is 28.7. The van der Waals surface area contributed by atoms with Crippen molar-refractivity contribution in [3.05, 3.63) is 70.0 Å². The zero-order valence-electron chi connectivity index (χ0n) is 18.0. The number of hydrogen-bond acceptors (Lipinski definition) is 4. The van der Waals surface area contributed by atoms with Gasteiger partial charge in [0.25, 0.3) is 0 Å². The third-order valence-corrected chi connectivity index (χ3v) is 6.92. The molecule has 0 bridgehead atoms. The van der Waals surface area contributed by atoms with Crippen LogP contribution >= 0.6 is 15.9 Å². The van der Waals surface area contributed by atoms with E-state index in [0.29, 0.717) is 5.56 Å². The van der Waals surface area contributed by atoms with Crippen LogP contribution in [0.1, 0.15) is 37.8 Å². The standard InChI is InChI=1S/C25H23BrFN3O2/c1-24(2,3)22(31)21-20(14-4-8-17(27)9-5-14)25(13-28,23(29)32)19-11-6-15-12-16(26)7-10-18(15)30(19)21/h4-12,19-21H,1-3H3,(H2,29,32)/t19-,20-,21+,25+/m1/s1. The Kier molecular flexibility index (Phi) is 5.25. The first-order chi connectivity index (χ1) is 15.0. The summed E-state index contributed by atoms with van der Waals surface area (Å²) in [6.07, 6.45) is 3.62. The minimum Gasteiger partial charge on any atom is -0.368 e. The van der Waals surface area contributed by atoms with Crippen LogP contribution in [0.15, 0.2) is 53.0 Å². The number of hydrogen-bond donors (Lipinski definition) is 1. The molecule has 4 rings (SSSR count). The normalized spacial score (nSPS) is 26.2. The summed E-state index contributed by atoms with van der Waals surface area (Å²) < 4.78 is 14.6. The monoisotopic (exact) mass is 495 g/mol. The number of benzene rings is 2. The van der Waals surface area contributed by atoms with E-state index in [4.69, 9.17) is 5.73 Å². The molecule has 0 aliphatic carbocycles. The van der Waals surface area contributed by atoms with Gasteiger partial charge in [-0.1, -0.05) is 61.0 Å². The summed E-state index contributed by atoms with van der Waals surface area (Å²) in [6.45, 7) is 5.43. The second-order valence-corrected chi connectivity index (χ2v) is 10.3. The molecule has 0 spiro atoms. The molecule has 4 atom stereocenters. The topological polar surface area (TPSA) is 87.2 Å². The molecule has 2 aromatic carbocycles. The van der Waals surface area contributed by atoms with Crippen LogP contribution in [-0.2, 0) is 9.59 Å². The van der Waals surface area contributed by atoms with Crippen LogP contribution in [0.5, 0.6) is 0 Å². The van der Waals surface area contributed by atoms with E-state index < -0.39 is 40.6 Å². The first-order valence-electron chi connectivity index (χ1n) is 10.3. The largest absolute Gasteiger partial charge is 0.368 e. The van der Waals surface area contributed by atoms with Crippen LogP contribution in [-0.4, -0.2) is 23.8 Å². The number of nitrogens with zero attached hydrogens (tertiary/aromatic N) is 2. The molecular formula is C25H23BrFN3O2. The molecule has 1 fully saturated rings.